The summed E-state index contributed by atoms with van der Waals surface area (Å²) in [6.07, 6.45) is -0.191. The van der Waals surface area contributed by atoms with E-state index in [4.69, 9.17) is 9.41 Å². The summed E-state index contributed by atoms with van der Waals surface area (Å²) >= 11 is 0. The summed E-state index contributed by atoms with van der Waals surface area (Å²) in [7, 11) is 0. The van der Waals surface area contributed by atoms with Crippen LogP contribution in [0.5, 0.6) is 0 Å². The van der Waals surface area contributed by atoms with Crippen LogP contribution in [0.2, 0.25) is 0 Å². The van der Waals surface area contributed by atoms with E-state index in [2.05, 4.69) is 121 Å². The van der Waals surface area contributed by atoms with Gasteiger partial charge in [-0.25, -0.2) is 4.99 Å². The summed E-state index contributed by atoms with van der Waals surface area (Å²) in [5.74, 6) is 0.502. The van der Waals surface area contributed by atoms with Gasteiger partial charge in [-0.05, 0) is 60.0 Å². The van der Waals surface area contributed by atoms with Crippen LogP contribution in [0.1, 0.15) is 37.2 Å². The summed E-state index contributed by atoms with van der Waals surface area (Å²) in [4.78, 5) is 5.29. The highest BCUT2D eigenvalue weighted by Crippen LogP contribution is 2.40. The van der Waals surface area contributed by atoms with Crippen LogP contribution in [0, 0.1) is 0 Å². The lowest BCUT2D eigenvalue weighted by atomic mass is 10.00. The molecule has 0 aliphatic carbocycles. The molecule has 8 rings (SSSR count). The second kappa shape index (κ2) is 8.42. The summed E-state index contributed by atoms with van der Waals surface area (Å²) in [5.41, 5.74) is 7.92. The zero-order valence-corrected chi connectivity index (χ0v) is 21.9. The first-order valence-electron chi connectivity index (χ1n) is 13.6. The Morgan fingerprint density at radius 1 is 0.718 bits per heavy atom. The molecule has 39 heavy (non-hydrogen) atoms. The van der Waals surface area contributed by atoms with E-state index in [1.807, 2.05) is 12.1 Å². The number of furan rings is 1. The second-order valence-corrected chi connectivity index (χ2v) is 10.7. The van der Waals surface area contributed by atoms with Crippen LogP contribution in [0.15, 0.2) is 119 Å². The monoisotopic (exact) mass is 506 g/mol. The first-order valence-corrected chi connectivity index (χ1v) is 13.6. The van der Waals surface area contributed by atoms with E-state index in [9.17, 15) is 0 Å². The van der Waals surface area contributed by atoms with Gasteiger partial charge < -0.3 is 4.42 Å². The SMILES string of the molecule is CC(C)c1ccc(C2=c3ccccc3=NC(n3c4ccccc4c4c5oc6ccccc6c5ccc43)[NH2+]2)cc1. The Bertz CT molecular complexity index is 2180. The van der Waals surface area contributed by atoms with Crippen molar-refractivity contribution < 1.29 is 9.73 Å². The van der Waals surface area contributed by atoms with Crippen LogP contribution < -0.4 is 15.9 Å². The van der Waals surface area contributed by atoms with Crippen molar-refractivity contribution in [1.29, 1.82) is 0 Å². The summed E-state index contributed by atoms with van der Waals surface area (Å²) in [6, 6.07) is 38.8. The first-order chi connectivity index (χ1) is 19.2. The Hall–Kier alpha value is -4.67. The molecule has 3 heterocycles. The zero-order valence-electron chi connectivity index (χ0n) is 21.9. The molecule has 0 spiro atoms. The van der Waals surface area contributed by atoms with Gasteiger partial charge in [0, 0.05) is 21.7 Å². The lowest BCUT2D eigenvalue weighted by Crippen LogP contribution is -2.86. The molecule has 7 aromatic rings. The maximum Gasteiger partial charge on any atom is 0.269 e. The third kappa shape index (κ3) is 3.32. The second-order valence-electron chi connectivity index (χ2n) is 10.7. The Morgan fingerprint density at radius 3 is 2.31 bits per heavy atom. The zero-order chi connectivity index (χ0) is 26.1. The topological polar surface area (TPSA) is 47.0 Å². The Balaban J connectivity index is 1.39. The molecular formula is C35H28N3O+. The molecule has 1 unspecified atom stereocenters. The molecule has 0 saturated heterocycles. The van der Waals surface area contributed by atoms with Crippen LogP contribution in [-0.2, 0) is 0 Å². The number of nitrogens with zero attached hydrogens (tertiary/aromatic N) is 2. The molecule has 2 N–H and O–H groups in total. The minimum atomic E-state index is -0.191. The van der Waals surface area contributed by atoms with Crippen molar-refractivity contribution in [3.63, 3.8) is 0 Å². The number of benzene rings is 5. The van der Waals surface area contributed by atoms with Crippen molar-refractivity contribution in [2.45, 2.75) is 26.1 Å². The average molecular weight is 507 g/mol. The predicted octanol–water partition coefficient (Wildman–Crippen LogP) is 6.33. The fourth-order valence-electron chi connectivity index (χ4n) is 6.21. The van der Waals surface area contributed by atoms with Gasteiger partial charge in [-0.15, -0.1) is 0 Å². The van der Waals surface area contributed by atoms with Gasteiger partial charge >= 0.3 is 0 Å². The minimum absolute atomic E-state index is 0.191. The van der Waals surface area contributed by atoms with Crippen molar-refractivity contribution in [2.75, 3.05) is 0 Å². The van der Waals surface area contributed by atoms with E-state index in [0.29, 0.717) is 5.92 Å². The van der Waals surface area contributed by atoms with Crippen molar-refractivity contribution in [1.82, 2.24) is 4.57 Å². The fraction of sp³-hybridized carbons (Fsp3) is 0.114. The number of para-hydroxylation sites is 3. The van der Waals surface area contributed by atoms with E-state index < -0.39 is 0 Å². The van der Waals surface area contributed by atoms with E-state index in [1.165, 1.54) is 27.4 Å². The number of hydrogen-bond donors (Lipinski definition) is 1. The summed E-state index contributed by atoms with van der Waals surface area (Å²) in [5, 5.41) is 9.13. The van der Waals surface area contributed by atoms with Crippen LogP contribution in [-0.4, -0.2) is 4.57 Å². The van der Waals surface area contributed by atoms with Crippen molar-refractivity contribution >= 4 is 49.4 Å². The molecule has 0 radical (unpaired) electrons. The molecule has 2 aromatic heterocycles. The molecule has 188 valence electrons. The number of quaternary nitrogens is 1. The van der Waals surface area contributed by atoms with Gasteiger partial charge in [-0.1, -0.05) is 74.5 Å². The molecule has 1 aliphatic rings. The standard InChI is InChI=1S/C35H27N3O/c1-21(2)22-15-17-23(18-16-22)33-26-10-3-6-12-28(26)36-35(37-33)38-29-13-7-4-11-27(29)32-30(38)20-19-25-24-9-5-8-14-31(24)39-34(25)32/h3-21,35,37H,1-2H3/p+1. The van der Waals surface area contributed by atoms with Gasteiger partial charge in [0.2, 0.25) is 0 Å². The summed E-state index contributed by atoms with van der Waals surface area (Å²) in [6.45, 7) is 4.47. The Morgan fingerprint density at radius 2 is 1.46 bits per heavy atom. The Labute approximate surface area is 225 Å². The molecule has 1 atom stereocenters. The van der Waals surface area contributed by atoms with Crippen molar-refractivity contribution in [3.8, 4) is 0 Å². The quantitative estimate of drug-likeness (QED) is 0.299. The number of nitrogens with two attached hydrogens (primary N) is 1. The van der Waals surface area contributed by atoms with E-state index in [1.54, 1.807) is 0 Å². The molecule has 4 heteroatoms. The number of fused-ring (bicyclic) bond motifs is 8. The number of aromatic nitrogens is 1. The third-order valence-electron chi connectivity index (χ3n) is 8.15. The van der Waals surface area contributed by atoms with Gasteiger partial charge in [0.15, 0.2) is 0 Å². The highest BCUT2D eigenvalue weighted by molar-refractivity contribution is 6.23. The average Bonchev–Trinajstić information content (AvgIpc) is 3.52. The van der Waals surface area contributed by atoms with Gasteiger partial charge in [-0.3, -0.25) is 9.88 Å². The molecule has 0 amide bonds. The van der Waals surface area contributed by atoms with Gasteiger partial charge in [0.1, 0.15) is 16.9 Å². The van der Waals surface area contributed by atoms with Crippen molar-refractivity contribution in [3.05, 3.63) is 131 Å². The van der Waals surface area contributed by atoms with Crippen LogP contribution in [0.25, 0.3) is 49.4 Å². The third-order valence-corrected chi connectivity index (χ3v) is 8.15. The van der Waals surface area contributed by atoms with E-state index in [-0.39, 0.29) is 6.29 Å². The maximum absolute atomic E-state index is 6.49. The number of rotatable bonds is 3. The highest BCUT2D eigenvalue weighted by Gasteiger charge is 2.27. The molecular weight excluding hydrogens is 478 g/mol. The van der Waals surface area contributed by atoms with Gasteiger partial charge in [0.05, 0.1) is 27.0 Å². The van der Waals surface area contributed by atoms with Gasteiger partial charge in [0.25, 0.3) is 6.29 Å². The van der Waals surface area contributed by atoms with Crippen LogP contribution >= 0.6 is 0 Å². The smallest absolute Gasteiger partial charge is 0.269 e. The van der Waals surface area contributed by atoms with Gasteiger partial charge in [-0.2, -0.15) is 0 Å². The molecule has 0 saturated carbocycles. The Kier molecular flexibility index (Phi) is 4.82. The van der Waals surface area contributed by atoms with E-state index >= 15 is 0 Å². The van der Waals surface area contributed by atoms with Crippen molar-refractivity contribution in [2.24, 2.45) is 4.99 Å². The number of hydrogen-bond acceptors (Lipinski definition) is 2. The normalized spacial score (nSPS) is 15.5. The minimum Gasteiger partial charge on any atom is -0.455 e. The lowest BCUT2D eigenvalue weighted by Gasteiger charge is -2.21. The highest BCUT2D eigenvalue weighted by atomic mass is 16.3. The molecule has 1 aliphatic heterocycles. The fourth-order valence-corrected chi connectivity index (χ4v) is 6.21. The lowest BCUT2D eigenvalue weighted by molar-refractivity contribution is -0.627. The molecule has 4 nitrogen and oxygen atoms in total. The largest absolute Gasteiger partial charge is 0.455 e. The first kappa shape index (κ1) is 22.3. The summed E-state index contributed by atoms with van der Waals surface area (Å²) < 4.78 is 8.86. The van der Waals surface area contributed by atoms with E-state index in [0.717, 1.165) is 43.7 Å². The predicted molar refractivity (Wildman–Crippen MR) is 158 cm³/mol. The molecule has 0 bridgehead atoms. The molecule has 5 aromatic carbocycles. The molecule has 0 fully saturated rings. The van der Waals surface area contributed by atoms with Crippen LogP contribution in [0.4, 0.5) is 0 Å². The van der Waals surface area contributed by atoms with Crippen LogP contribution in [0.3, 0.4) is 0 Å². The maximum atomic E-state index is 6.49.